The summed E-state index contributed by atoms with van der Waals surface area (Å²) in [7, 11) is 0. The van der Waals surface area contributed by atoms with Crippen molar-refractivity contribution in [2.24, 2.45) is 47.3 Å². The van der Waals surface area contributed by atoms with Crippen molar-refractivity contribution in [3.8, 4) is 0 Å². The van der Waals surface area contributed by atoms with Crippen LogP contribution in [-0.2, 0) is 9.53 Å². The highest BCUT2D eigenvalue weighted by atomic mass is 16.7. The van der Waals surface area contributed by atoms with Gasteiger partial charge in [-0.1, -0.05) is 0 Å². The monoisotopic (exact) mass is 220 g/mol. The minimum Gasteiger partial charge on any atom is -0.430 e. The van der Waals surface area contributed by atoms with Crippen molar-refractivity contribution >= 4 is 5.97 Å². The number of aliphatic hydroxyl groups is 2. The molecule has 16 heavy (non-hydrogen) atoms. The molecule has 84 valence electrons. The minimum atomic E-state index is -1.23. The third-order valence-corrected chi connectivity index (χ3v) is 7.06. The van der Waals surface area contributed by atoms with Crippen LogP contribution in [-0.4, -0.2) is 27.6 Å². The van der Waals surface area contributed by atoms with Crippen LogP contribution in [0.4, 0.5) is 0 Å². The number of hydrogen-bond acceptors (Lipinski definition) is 4. The maximum Gasteiger partial charge on any atom is 0.341 e. The molecule has 0 aromatic rings. The first-order valence-electron chi connectivity index (χ1n) is 6.28. The van der Waals surface area contributed by atoms with Crippen molar-refractivity contribution in [2.45, 2.75) is 17.8 Å². The molecule has 2 heterocycles. The molecule has 7 fully saturated rings. The molecule has 2 aliphatic heterocycles. The number of hydrogen-bond donors (Lipinski definition) is 2. The van der Waals surface area contributed by atoms with E-state index in [0.29, 0.717) is 23.7 Å². The number of carbonyl (C=O) groups is 1. The molecule has 10 unspecified atom stereocenters. The molecule has 2 saturated heterocycles. The third kappa shape index (κ3) is 0.371. The van der Waals surface area contributed by atoms with Crippen molar-refractivity contribution in [2.75, 3.05) is 0 Å². The van der Waals surface area contributed by atoms with Crippen LogP contribution in [0.5, 0.6) is 0 Å². The summed E-state index contributed by atoms with van der Waals surface area (Å²) in [5, 5.41) is 21.4. The lowest BCUT2D eigenvalue weighted by molar-refractivity contribution is -0.350. The van der Waals surface area contributed by atoms with Gasteiger partial charge in [0.2, 0.25) is 5.79 Å². The Bertz CT molecular complexity index is 489. The summed E-state index contributed by atoms with van der Waals surface area (Å²) < 4.78 is 5.22. The molecule has 4 nitrogen and oxygen atoms in total. The molecule has 5 saturated carbocycles. The largest absolute Gasteiger partial charge is 0.430 e. The Morgan fingerprint density at radius 2 is 1.75 bits per heavy atom. The van der Waals surface area contributed by atoms with Gasteiger partial charge in [0.1, 0.15) is 0 Å². The Morgan fingerprint density at radius 1 is 1.06 bits per heavy atom. The summed E-state index contributed by atoms with van der Waals surface area (Å²) in [6.07, 6.45) is 1.11. The van der Waals surface area contributed by atoms with Crippen LogP contribution in [0.25, 0.3) is 0 Å². The van der Waals surface area contributed by atoms with Crippen LogP contribution in [0, 0.1) is 47.3 Å². The topological polar surface area (TPSA) is 66.8 Å². The Labute approximate surface area is 91.6 Å². The highest BCUT2D eigenvalue weighted by molar-refractivity contribution is 5.85. The van der Waals surface area contributed by atoms with E-state index in [-0.39, 0.29) is 23.7 Å². The smallest absolute Gasteiger partial charge is 0.341 e. The molecular weight excluding hydrogens is 208 g/mol. The van der Waals surface area contributed by atoms with E-state index in [9.17, 15) is 15.0 Å². The molecule has 2 N–H and O–H groups in total. The van der Waals surface area contributed by atoms with Crippen LogP contribution in [0.3, 0.4) is 0 Å². The Balaban J connectivity index is 1.78. The van der Waals surface area contributed by atoms with Gasteiger partial charge in [0.15, 0.2) is 5.60 Å². The second kappa shape index (κ2) is 1.58. The first kappa shape index (κ1) is 7.67. The van der Waals surface area contributed by atoms with Gasteiger partial charge in [0.05, 0.1) is 0 Å². The molecule has 0 aromatic heterocycles. The highest BCUT2D eigenvalue weighted by Crippen LogP contribution is 2.89. The van der Waals surface area contributed by atoms with Gasteiger partial charge in [-0.15, -0.1) is 0 Å². The van der Waals surface area contributed by atoms with E-state index in [4.69, 9.17) is 4.74 Å². The molecule has 4 heteroatoms. The molecule has 0 radical (unpaired) electrons. The molecule has 0 spiro atoms. The zero-order valence-corrected chi connectivity index (χ0v) is 8.54. The lowest BCUT2D eigenvalue weighted by Gasteiger charge is -2.59. The summed E-state index contributed by atoms with van der Waals surface area (Å²) in [6, 6.07) is 0. The SMILES string of the molecule is O=C1OC2(O)C3C4CC5C6C4C2C6C1(O)C53. The molecule has 0 aromatic carbocycles. The lowest BCUT2D eigenvalue weighted by atomic mass is 9.53. The Morgan fingerprint density at radius 3 is 2.56 bits per heavy atom. The highest BCUT2D eigenvalue weighted by Gasteiger charge is 2.96. The van der Waals surface area contributed by atoms with E-state index in [2.05, 4.69) is 0 Å². The maximum absolute atomic E-state index is 11.9. The number of carbonyl (C=O) groups excluding carboxylic acids is 1. The fourth-order valence-corrected chi connectivity index (χ4v) is 7.20. The van der Waals surface area contributed by atoms with Crippen molar-refractivity contribution in [1.82, 2.24) is 0 Å². The fraction of sp³-hybridized carbons (Fsp3) is 0.917. The zero-order chi connectivity index (χ0) is 10.6. The molecule has 10 atom stereocenters. The van der Waals surface area contributed by atoms with Gasteiger partial charge in [-0.2, -0.15) is 0 Å². The maximum atomic E-state index is 11.9. The quantitative estimate of drug-likeness (QED) is 0.532. The van der Waals surface area contributed by atoms with Crippen LogP contribution in [0.15, 0.2) is 0 Å². The van der Waals surface area contributed by atoms with Crippen LogP contribution in [0.2, 0.25) is 0 Å². The van der Waals surface area contributed by atoms with E-state index >= 15 is 0 Å². The summed E-state index contributed by atoms with van der Waals surface area (Å²) >= 11 is 0. The Kier molecular flexibility index (Phi) is 0.758. The number of ether oxygens (including phenoxy) is 1. The summed E-state index contributed by atoms with van der Waals surface area (Å²) in [6.45, 7) is 0. The average molecular weight is 220 g/mol. The predicted octanol–water partition coefficient (Wildman–Crippen LogP) is -0.649. The van der Waals surface area contributed by atoms with Gasteiger partial charge in [-0.25, -0.2) is 4.79 Å². The number of esters is 1. The minimum absolute atomic E-state index is 0.00810. The van der Waals surface area contributed by atoms with E-state index in [1.54, 1.807) is 0 Å². The molecule has 0 amide bonds. The molecular formula is C12H12O4. The van der Waals surface area contributed by atoms with Gasteiger partial charge in [-0.05, 0) is 30.1 Å². The Hall–Kier alpha value is -0.610. The third-order valence-electron chi connectivity index (χ3n) is 7.06. The van der Waals surface area contributed by atoms with Gasteiger partial charge < -0.3 is 14.9 Å². The van der Waals surface area contributed by atoms with E-state index in [1.165, 1.54) is 0 Å². The molecule has 5 aliphatic carbocycles. The van der Waals surface area contributed by atoms with Crippen molar-refractivity contribution in [1.29, 1.82) is 0 Å². The fourth-order valence-electron chi connectivity index (χ4n) is 7.20. The lowest BCUT2D eigenvalue weighted by Crippen LogP contribution is -2.74. The first-order valence-corrected chi connectivity index (χ1v) is 6.28. The number of rotatable bonds is 0. The van der Waals surface area contributed by atoms with E-state index < -0.39 is 17.4 Å². The zero-order valence-electron chi connectivity index (χ0n) is 8.54. The van der Waals surface area contributed by atoms with Gasteiger partial charge in [-0.3, -0.25) is 0 Å². The van der Waals surface area contributed by atoms with Crippen molar-refractivity contribution < 1.29 is 19.7 Å². The standard InChI is InChI=1S/C12H12O4/c13-10-11(14)6-2-1-3-5-4(2)8(11)9(5)12(15,16-10)7(3)6/h2-9,14-15H,1H2. The average Bonchev–Trinajstić information content (AvgIpc) is 2.66. The van der Waals surface area contributed by atoms with Gasteiger partial charge in [0, 0.05) is 23.7 Å². The molecule has 4 bridgehead atoms. The van der Waals surface area contributed by atoms with Crippen molar-refractivity contribution in [3.63, 3.8) is 0 Å². The second-order valence-corrected chi connectivity index (χ2v) is 6.79. The number of fused-ring (bicyclic) bond motifs is 1. The molecule has 7 aliphatic rings. The second-order valence-electron chi connectivity index (χ2n) is 6.79. The van der Waals surface area contributed by atoms with Crippen LogP contribution < -0.4 is 0 Å². The van der Waals surface area contributed by atoms with Crippen molar-refractivity contribution in [3.05, 3.63) is 0 Å². The summed E-state index contributed by atoms with van der Waals surface area (Å²) in [4.78, 5) is 11.9. The van der Waals surface area contributed by atoms with E-state index in [0.717, 1.165) is 6.42 Å². The predicted molar refractivity (Wildman–Crippen MR) is 48.5 cm³/mol. The molecule has 7 rings (SSSR count). The first-order chi connectivity index (χ1) is 7.60. The van der Waals surface area contributed by atoms with E-state index in [1.807, 2.05) is 0 Å². The van der Waals surface area contributed by atoms with Crippen LogP contribution >= 0.6 is 0 Å². The van der Waals surface area contributed by atoms with Gasteiger partial charge >= 0.3 is 5.97 Å². The summed E-state index contributed by atoms with van der Waals surface area (Å²) in [5.41, 5.74) is -1.23. The summed E-state index contributed by atoms with van der Waals surface area (Å²) in [5.74, 6) is 0.466. The normalized spacial score (nSPS) is 83.2. The van der Waals surface area contributed by atoms with Gasteiger partial charge in [0.25, 0.3) is 0 Å². The van der Waals surface area contributed by atoms with Crippen LogP contribution in [0.1, 0.15) is 6.42 Å².